The highest BCUT2D eigenvalue weighted by molar-refractivity contribution is 6.06. The maximum atomic E-state index is 12.5. The smallest absolute Gasteiger partial charge is 0.326 e. The van der Waals surface area contributed by atoms with E-state index in [1.807, 2.05) is 30.3 Å². The number of carboxylic acid groups (broad SMARTS) is 1. The molecule has 5 rings (SSSR count). The van der Waals surface area contributed by atoms with Crippen LogP contribution in [0.3, 0.4) is 0 Å². The zero-order valence-electron chi connectivity index (χ0n) is 17.4. The summed E-state index contributed by atoms with van der Waals surface area (Å²) in [4.78, 5) is 39.4. The molecule has 1 aromatic carbocycles. The van der Waals surface area contributed by atoms with Crippen LogP contribution in [0.2, 0.25) is 0 Å². The van der Waals surface area contributed by atoms with Crippen molar-refractivity contribution in [2.75, 3.05) is 11.4 Å². The first-order valence-corrected chi connectivity index (χ1v) is 10.3. The van der Waals surface area contributed by atoms with Crippen LogP contribution < -0.4 is 10.2 Å². The molecule has 0 aliphatic carbocycles. The van der Waals surface area contributed by atoms with Crippen molar-refractivity contribution >= 4 is 39.8 Å². The lowest BCUT2D eigenvalue weighted by Crippen LogP contribution is -2.39. The van der Waals surface area contributed by atoms with E-state index in [1.165, 1.54) is 0 Å². The summed E-state index contributed by atoms with van der Waals surface area (Å²) in [5.74, 6) is -0.205. The number of para-hydroxylation sites is 1. The van der Waals surface area contributed by atoms with Crippen LogP contribution in [-0.2, 0) is 16.0 Å². The van der Waals surface area contributed by atoms with E-state index < -0.39 is 12.0 Å². The molecule has 9 heteroatoms. The number of carboxylic acids is 1. The maximum absolute atomic E-state index is 12.5. The summed E-state index contributed by atoms with van der Waals surface area (Å²) in [5, 5.41) is 13.7. The molecule has 1 aliphatic rings. The van der Waals surface area contributed by atoms with Crippen LogP contribution in [0.5, 0.6) is 0 Å². The Balaban J connectivity index is 1.45. The Morgan fingerprint density at radius 3 is 2.84 bits per heavy atom. The molecule has 3 aromatic heterocycles. The number of carbonyl (C=O) groups is 2. The van der Waals surface area contributed by atoms with Gasteiger partial charge in [0.1, 0.15) is 23.0 Å². The van der Waals surface area contributed by atoms with Crippen LogP contribution in [0.25, 0.3) is 22.1 Å². The second kappa shape index (κ2) is 7.92. The van der Waals surface area contributed by atoms with Gasteiger partial charge in [-0.2, -0.15) is 0 Å². The van der Waals surface area contributed by atoms with Gasteiger partial charge in [0.2, 0.25) is 5.91 Å². The zero-order valence-corrected chi connectivity index (χ0v) is 17.4. The molecule has 1 saturated heterocycles. The van der Waals surface area contributed by atoms with Crippen molar-refractivity contribution in [3.8, 4) is 0 Å². The lowest BCUT2D eigenvalue weighted by molar-refractivity contribution is -0.138. The predicted molar refractivity (Wildman–Crippen MR) is 117 cm³/mol. The average molecular weight is 431 g/mol. The first-order chi connectivity index (χ1) is 15.5. The second-order valence-electron chi connectivity index (χ2n) is 7.91. The van der Waals surface area contributed by atoms with Gasteiger partial charge in [-0.15, -0.1) is 0 Å². The molecule has 0 radical (unpaired) electrons. The first-order valence-electron chi connectivity index (χ1n) is 10.3. The van der Waals surface area contributed by atoms with Crippen molar-refractivity contribution in [1.82, 2.24) is 20.3 Å². The van der Waals surface area contributed by atoms with Gasteiger partial charge in [0.15, 0.2) is 11.4 Å². The van der Waals surface area contributed by atoms with E-state index in [0.29, 0.717) is 34.9 Å². The van der Waals surface area contributed by atoms with Crippen LogP contribution in [0, 0.1) is 6.92 Å². The fourth-order valence-corrected chi connectivity index (χ4v) is 4.26. The monoisotopic (exact) mass is 431 g/mol. The van der Waals surface area contributed by atoms with Crippen molar-refractivity contribution in [2.24, 2.45) is 0 Å². The van der Waals surface area contributed by atoms with Crippen molar-refractivity contribution in [3.05, 3.63) is 60.2 Å². The molecule has 0 spiro atoms. The number of aromatic nitrogens is 3. The van der Waals surface area contributed by atoms with Crippen LogP contribution in [-0.4, -0.2) is 50.6 Å². The summed E-state index contributed by atoms with van der Waals surface area (Å²) >= 11 is 0. The summed E-state index contributed by atoms with van der Waals surface area (Å²) in [6.07, 6.45) is 3.74. The third-order valence-electron chi connectivity index (χ3n) is 5.62. The van der Waals surface area contributed by atoms with Gasteiger partial charge in [-0.1, -0.05) is 18.2 Å². The molecule has 4 heterocycles. The molecule has 32 heavy (non-hydrogen) atoms. The molecule has 4 aromatic rings. The summed E-state index contributed by atoms with van der Waals surface area (Å²) in [7, 11) is 0. The topological polar surface area (TPSA) is 121 Å². The number of nitrogens with zero attached hydrogens (tertiary/aromatic N) is 4. The Morgan fingerprint density at radius 1 is 1.22 bits per heavy atom. The van der Waals surface area contributed by atoms with E-state index in [9.17, 15) is 14.7 Å². The molecule has 1 fully saturated rings. The quantitative estimate of drug-likeness (QED) is 0.494. The number of aryl methyl sites for hydroxylation is 1. The highest BCUT2D eigenvalue weighted by Gasteiger charge is 2.40. The van der Waals surface area contributed by atoms with Gasteiger partial charge in [-0.3, -0.25) is 9.78 Å². The first kappa shape index (κ1) is 19.9. The Kier molecular flexibility index (Phi) is 4.93. The lowest BCUT2D eigenvalue weighted by atomic mass is 10.1. The number of pyridine rings is 1. The molecule has 2 atom stereocenters. The third kappa shape index (κ3) is 3.62. The Bertz CT molecular complexity index is 1320. The molecule has 2 N–H and O–H groups in total. The van der Waals surface area contributed by atoms with E-state index in [2.05, 4.69) is 20.3 Å². The highest BCUT2D eigenvalue weighted by atomic mass is 16.4. The van der Waals surface area contributed by atoms with Crippen LogP contribution in [0.4, 0.5) is 5.82 Å². The van der Waals surface area contributed by atoms with Crippen LogP contribution in [0.15, 0.2) is 53.2 Å². The Morgan fingerprint density at radius 2 is 2.06 bits per heavy atom. The van der Waals surface area contributed by atoms with Crippen LogP contribution in [0.1, 0.15) is 17.8 Å². The normalized spacial score (nSPS) is 18.3. The summed E-state index contributed by atoms with van der Waals surface area (Å²) in [6.45, 7) is 2.07. The number of benzene rings is 1. The van der Waals surface area contributed by atoms with Gasteiger partial charge in [-0.05, 0) is 30.7 Å². The molecule has 0 unspecified atom stereocenters. The lowest BCUT2D eigenvalue weighted by Gasteiger charge is -2.22. The van der Waals surface area contributed by atoms with Crippen molar-refractivity contribution < 1.29 is 19.1 Å². The number of amides is 1. The van der Waals surface area contributed by atoms with Gasteiger partial charge in [0, 0.05) is 36.8 Å². The number of hydrogen-bond acceptors (Lipinski definition) is 7. The van der Waals surface area contributed by atoms with Gasteiger partial charge in [-0.25, -0.2) is 14.8 Å². The van der Waals surface area contributed by atoms with Crippen molar-refractivity contribution in [2.45, 2.75) is 31.8 Å². The largest absolute Gasteiger partial charge is 0.480 e. The molecule has 9 nitrogen and oxygen atoms in total. The summed E-state index contributed by atoms with van der Waals surface area (Å²) < 4.78 is 6.02. The minimum Gasteiger partial charge on any atom is -0.480 e. The van der Waals surface area contributed by atoms with Gasteiger partial charge >= 0.3 is 5.97 Å². The zero-order chi connectivity index (χ0) is 22.2. The SMILES string of the molecule is Cc1nc(N2C[C@@H](NC(=O)Cc3cccnc3)C[C@H]2C(=O)O)c2oc3ccccc3c2n1. The van der Waals surface area contributed by atoms with Gasteiger partial charge in [0.25, 0.3) is 0 Å². The number of rotatable bonds is 5. The van der Waals surface area contributed by atoms with Crippen LogP contribution >= 0.6 is 0 Å². The number of furan rings is 1. The Hall–Kier alpha value is -4.01. The van der Waals surface area contributed by atoms with E-state index in [-0.39, 0.29) is 24.8 Å². The van der Waals surface area contributed by atoms with E-state index in [0.717, 1.165) is 10.9 Å². The fraction of sp³-hybridized carbons (Fsp3) is 0.261. The van der Waals surface area contributed by atoms with Crippen molar-refractivity contribution in [3.63, 3.8) is 0 Å². The molecule has 1 amide bonds. The number of nitrogens with one attached hydrogen (secondary N) is 1. The van der Waals surface area contributed by atoms with Crippen molar-refractivity contribution in [1.29, 1.82) is 0 Å². The summed E-state index contributed by atoms with van der Waals surface area (Å²) in [6, 6.07) is 9.95. The number of aliphatic carboxylic acids is 1. The minimum atomic E-state index is -0.977. The fourth-order valence-electron chi connectivity index (χ4n) is 4.26. The standard InChI is InChI=1S/C23H21N5O4/c1-13-25-20-16-6-2-3-7-18(16)32-21(20)22(26-13)28-12-15(10-17(28)23(30)31)27-19(29)9-14-5-4-8-24-11-14/h2-8,11,15,17H,9-10,12H2,1H3,(H,27,29)(H,30,31)/t15-,17-/m0/s1. The number of anilines is 1. The van der Waals surface area contributed by atoms with Gasteiger partial charge in [0.05, 0.1) is 6.42 Å². The molecule has 1 aliphatic heterocycles. The van der Waals surface area contributed by atoms with E-state index in [4.69, 9.17) is 4.42 Å². The molecular formula is C23H21N5O4. The Labute approximate surface area is 183 Å². The average Bonchev–Trinajstić information content (AvgIpc) is 3.35. The predicted octanol–water partition coefficient (Wildman–Crippen LogP) is 2.47. The number of carbonyl (C=O) groups excluding carboxylic acids is 1. The van der Waals surface area contributed by atoms with E-state index in [1.54, 1.807) is 30.3 Å². The molecule has 162 valence electrons. The molecular weight excluding hydrogens is 410 g/mol. The number of hydrogen-bond donors (Lipinski definition) is 2. The maximum Gasteiger partial charge on any atom is 0.326 e. The molecule has 0 bridgehead atoms. The highest BCUT2D eigenvalue weighted by Crippen LogP contribution is 2.35. The number of fused-ring (bicyclic) bond motifs is 3. The second-order valence-corrected chi connectivity index (χ2v) is 7.91. The van der Waals surface area contributed by atoms with E-state index >= 15 is 0 Å². The van der Waals surface area contributed by atoms with Gasteiger partial charge < -0.3 is 19.7 Å². The minimum absolute atomic E-state index is 0.179. The third-order valence-corrected chi connectivity index (χ3v) is 5.62. The summed E-state index contributed by atoms with van der Waals surface area (Å²) in [5.41, 5.74) is 2.56. The molecule has 0 saturated carbocycles.